The fourth-order valence-electron chi connectivity index (χ4n) is 1.85. The molecular formula is C11H15ClN2O2. The van der Waals surface area contributed by atoms with E-state index in [0.29, 0.717) is 24.2 Å². The van der Waals surface area contributed by atoms with Crippen molar-refractivity contribution in [2.24, 2.45) is 0 Å². The van der Waals surface area contributed by atoms with E-state index in [-0.39, 0.29) is 5.91 Å². The van der Waals surface area contributed by atoms with Crippen LogP contribution in [0.2, 0.25) is 0 Å². The first-order valence-electron chi connectivity index (χ1n) is 5.52. The average molecular weight is 243 g/mol. The normalized spacial score (nSPS) is 15.9. The van der Waals surface area contributed by atoms with Crippen molar-refractivity contribution in [2.75, 3.05) is 12.4 Å². The van der Waals surface area contributed by atoms with Crippen LogP contribution in [0.1, 0.15) is 35.5 Å². The molecule has 1 fully saturated rings. The first-order chi connectivity index (χ1) is 7.72. The van der Waals surface area contributed by atoms with E-state index in [0.717, 1.165) is 18.5 Å². The van der Waals surface area contributed by atoms with Crippen molar-refractivity contribution in [3.8, 4) is 0 Å². The Hall–Kier alpha value is -1.03. The quantitative estimate of drug-likeness (QED) is 0.761. The Kier molecular flexibility index (Phi) is 3.49. The van der Waals surface area contributed by atoms with Crippen molar-refractivity contribution in [1.82, 2.24) is 10.1 Å². The summed E-state index contributed by atoms with van der Waals surface area (Å²) >= 11 is 5.72. The number of rotatable bonds is 4. The van der Waals surface area contributed by atoms with Crippen molar-refractivity contribution >= 4 is 17.5 Å². The van der Waals surface area contributed by atoms with Gasteiger partial charge in [0, 0.05) is 24.5 Å². The van der Waals surface area contributed by atoms with Gasteiger partial charge in [0.15, 0.2) is 0 Å². The monoisotopic (exact) mass is 242 g/mol. The lowest BCUT2D eigenvalue weighted by molar-refractivity contribution is 0.0556. The van der Waals surface area contributed by atoms with Gasteiger partial charge in [0.2, 0.25) is 5.76 Å². The zero-order valence-electron chi connectivity index (χ0n) is 9.28. The molecule has 0 atom stereocenters. The van der Waals surface area contributed by atoms with Crippen LogP contribution in [0, 0.1) is 6.92 Å². The smallest absolute Gasteiger partial charge is 0.292 e. The van der Waals surface area contributed by atoms with Crippen LogP contribution in [0.25, 0.3) is 0 Å². The van der Waals surface area contributed by atoms with Crippen LogP contribution in [0.3, 0.4) is 0 Å². The Balaban J connectivity index is 2.09. The van der Waals surface area contributed by atoms with Crippen molar-refractivity contribution < 1.29 is 9.32 Å². The average Bonchev–Trinajstić information content (AvgIpc) is 2.60. The van der Waals surface area contributed by atoms with E-state index in [4.69, 9.17) is 16.1 Å². The number of halogens is 1. The maximum Gasteiger partial charge on any atom is 0.292 e. The molecule has 1 aromatic rings. The molecule has 1 amide bonds. The first-order valence-corrected chi connectivity index (χ1v) is 6.06. The molecule has 4 nitrogen and oxygen atoms in total. The van der Waals surface area contributed by atoms with Gasteiger partial charge < -0.3 is 9.42 Å². The SMILES string of the molecule is Cc1cc(C(=O)N(CCCl)C2CCC2)on1. The summed E-state index contributed by atoms with van der Waals surface area (Å²) in [7, 11) is 0. The molecule has 0 aliphatic heterocycles. The van der Waals surface area contributed by atoms with Crippen LogP contribution in [0.15, 0.2) is 10.6 Å². The summed E-state index contributed by atoms with van der Waals surface area (Å²) < 4.78 is 4.99. The highest BCUT2D eigenvalue weighted by molar-refractivity contribution is 6.18. The van der Waals surface area contributed by atoms with E-state index in [9.17, 15) is 4.79 Å². The summed E-state index contributed by atoms with van der Waals surface area (Å²) in [4.78, 5) is 13.9. The molecule has 0 radical (unpaired) electrons. The summed E-state index contributed by atoms with van der Waals surface area (Å²) in [6.07, 6.45) is 3.32. The van der Waals surface area contributed by atoms with Crippen LogP contribution >= 0.6 is 11.6 Å². The van der Waals surface area contributed by atoms with Crippen LogP contribution in [-0.2, 0) is 0 Å². The summed E-state index contributed by atoms with van der Waals surface area (Å²) in [6.45, 7) is 2.38. The number of carbonyl (C=O) groups is 1. The van der Waals surface area contributed by atoms with E-state index in [1.165, 1.54) is 6.42 Å². The van der Waals surface area contributed by atoms with E-state index in [2.05, 4.69) is 5.16 Å². The van der Waals surface area contributed by atoms with Gasteiger partial charge in [-0.15, -0.1) is 11.6 Å². The molecule has 0 unspecified atom stereocenters. The standard InChI is InChI=1S/C11H15ClN2O2/c1-8-7-10(16-13-8)11(15)14(6-5-12)9-3-2-4-9/h7,9H,2-6H2,1H3. The van der Waals surface area contributed by atoms with Gasteiger partial charge in [0.1, 0.15) is 0 Å². The highest BCUT2D eigenvalue weighted by Crippen LogP contribution is 2.26. The van der Waals surface area contributed by atoms with Gasteiger partial charge in [-0.25, -0.2) is 0 Å². The number of hydrogen-bond acceptors (Lipinski definition) is 3. The van der Waals surface area contributed by atoms with Gasteiger partial charge in [-0.2, -0.15) is 0 Å². The fraction of sp³-hybridized carbons (Fsp3) is 0.636. The molecule has 0 bridgehead atoms. The third kappa shape index (κ3) is 2.21. The molecule has 0 spiro atoms. The second-order valence-electron chi connectivity index (χ2n) is 4.10. The van der Waals surface area contributed by atoms with E-state index in [1.807, 2.05) is 0 Å². The lowest BCUT2D eigenvalue weighted by Crippen LogP contribution is -2.45. The van der Waals surface area contributed by atoms with Gasteiger partial charge in [0.25, 0.3) is 5.91 Å². The molecule has 1 aliphatic rings. The van der Waals surface area contributed by atoms with Gasteiger partial charge in [-0.1, -0.05) is 5.16 Å². The fourth-order valence-corrected chi connectivity index (χ4v) is 2.03. The van der Waals surface area contributed by atoms with Crippen LogP contribution in [0.5, 0.6) is 0 Å². The Morgan fingerprint density at radius 2 is 2.44 bits per heavy atom. The van der Waals surface area contributed by atoms with Crippen molar-refractivity contribution in [3.05, 3.63) is 17.5 Å². The molecule has 1 heterocycles. The zero-order chi connectivity index (χ0) is 11.5. The lowest BCUT2D eigenvalue weighted by atomic mass is 9.91. The molecule has 0 aromatic carbocycles. The number of alkyl halides is 1. The van der Waals surface area contributed by atoms with Gasteiger partial charge in [-0.3, -0.25) is 4.79 Å². The molecule has 88 valence electrons. The zero-order valence-corrected chi connectivity index (χ0v) is 10.0. The molecule has 1 saturated carbocycles. The topological polar surface area (TPSA) is 46.3 Å². The highest BCUT2D eigenvalue weighted by Gasteiger charge is 2.30. The van der Waals surface area contributed by atoms with Crippen molar-refractivity contribution in [2.45, 2.75) is 32.2 Å². The van der Waals surface area contributed by atoms with Crippen molar-refractivity contribution in [1.29, 1.82) is 0 Å². The van der Waals surface area contributed by atoms with Gasteiger partial charge in [-0.05, 0) is 26.2 Å². The Labute approximate surface area is 99.5 Å². The number of aromatic nitrogens is 1. The van der Waals surface area contributed by atoms with E-state index < -0.39 is 0 Å². The number of amides is 1. The molecule has 0 N–H and O–H groups in total. The summed E-state index contributed by atoms with van der Waals surface area (Å²) in [6, 6.07) is 2.00. The Bertz CT molecular complexity index is 374. The molecule has 5 heteroatoms. The predicted octanol–water partition coefficient (Wildman–Crippen LogP) is 2.22. The second-order valence-corrected chi connectivity index (χ2v) is 4.48. The maximum atomic E-state index is 12.1. The largest absolute Gasteiger partial charge is 0.351 e. The number of carbonyl (C=O) groups excluding carboxylic acids is 1. The molecule has 2 rings (SSSR count). The van der Waals surface area contributed by atoms with Crippen LogP contribution in [0.4, 0.5) is 0 Å². The minimum atomic E-state index is -0.0917. The Morgan fingerprint density at radius 1 is 1.69 bits per heavy atom. The molecule has 0 saturated heterocycles. The maximum absolute atomic E-state index is 12.1. The van der Waals surface area contributed by atoms with E-state index >= 15 is 0 Å². The van der Waals surface area contributed by atoms with Crippen LogP contribution < -0.4 is 0 Å². The second kappa shape index (κ2) is 4.87. The van der Waals surface area contributed by atoms with E-state index in [1.54, 1.807) is 17.9 Å². The number of aryl methyl sites for hydroxylation is 1. The summed E-state index contributed by atoms with van der Waals surface area (Å²) in [5, 5.41) is 3.73. The third-order valence-electron chi connectivity index (χ3n) is 2.94. The lowest BCUT2D eigenvalue weighted by Gasteiger charge is -2.36. The minimum absolute atomic E-state index is 0.0917. The number of nitrogens with zero attached hydrogens (tertiary/aromatic N) is 2. The van der Waals surface area contributed by atoms with Gasteiger partial charge >= 0.3 is 0 Å². The summed E-state index contributed by atoms with van der Waals surface area (Å²) in [5.41, 5.74) is 0.725. The minimum Gasteiger partial charge on any atom is -0.351 e. The highest BCUT2D eigenvalue weighted by atomic mass is 35.5. The molecule has 1 aromatic heterocycles. The predicted molar refractivity (Wildman–Crippen MR) is 60.6 cm³/mol. The molecular weight excluding hydrogens is 228 g/mol. The van der Waals surface area contributed by atoms with Gasteiger partial charge in [0.05, 0.1) is 5.69 Å². The first kappa shape index (κ1) is 11.5. The third-order valence-corrected chi connectivity index (χ3v) is 3.11. The number of hydrogen-bond donors (Lipinski definition) is 0. The van der Waals surface area contributed by atoms with Crippen molar-refractivity contribution in [3.63, 3.8) is 0 Å². The van der Waals surface area contributed by atoms with Crippen LogP contribution in [-0.4, -0.2) is 34.4 Å². The molecule has 16 heavy (non-hydrogen) atoms. The summed E-state index contributed by atoms with van der Waals surface area (Å²) in [5.74, 6) is 0.676. The Morgan fingerprint density at radius 3 is 2.88 bits per heavy atom. The molecule has 1 aliphatic carbocycles.